The van der Waals surface area contributed by atoms with Gasteiger partial charge in [-0.3, -0.25) is 9.59 Å². The van der Waals surface area contributed by atoms with E-state index < -0.39 is 6.29 Å². The van der Waals surface area contributed by atoms with Gasteiger partial charge >= 0.3 is 0 Å². The summed E-state index contributed by atoms with van der Waals surface area (Å²) in [6, 6.07) is 24.0. The number of carbonyl (C=O) groups excluding carboxylic acids is 2. The topological polar surface area (TPSA) is 123 Å². The van der Waals surface area contributed by atoms with E-state index in [1.165, 1.54) is 0 Å². The summed E-state index contributed by atoms with van der Waals surface area (Å²) in [6.07, 6.45) is 2.56. The molecule has 0 radical (unpaired) electrons. The minimum absolute atomic E-state index is 0.0408. The quantitative estimate of drug-likeness (QED) is 0.270. The molecular weight excluding hydrogens is 494 g/mol. The van der Waals surface area contributed by atoms with Crippen LogP contribution in [0.5, 0.6) is 0 Å². The second-order valence-corrected chi connectivity index (χ2v) is 9.36. The lowest BCUT2D eigenvalue weighted by molar-refractivity contribution is -0.166. The number of nitrogens with two attached hydrogens (primary N) is 1. The summed E-state index contributed by atoms with van der Waals surface area (Å²) in [5.41, 5.74) is 9.32. The Kier molecular flexibility index (Phi) is 9.72. The molecule has 3 aromatic carbocycles. The minimum atomic E-state index is -0.603. The lowest BCUT2D eigenvalue weighted by atomic mass is 9.80. The fraction of sp³-hybridized carbons (Fsp3) is 0.290. The molecule has 4 rings (SSSR count). The molecule has 8 heteroatoms. The third-order valence-corrected chi connectivity index (χ3v) is 6.70. The van der Waals surface area contributed by atoms with E-state index in [1.54, 1.807) is 48.5 Å². The zero-order valence-electron chi connectivity index (χ0n) is 22.0. The third kappa shape index (κ3) is 7.25. The molecule has 3 unspecified atom stereocenters. The van der Waals surface area contributed by atoms with Crippen LogP contribution in [0.1, 0.15) is 47.2 Å². The number of benzene rings is 3. The standard InChI is InChI=1S/C31H35N3O5/c1-2-38-31-24(11-8-18-35)25(22-9-4-3-5-10-22)19-28(39-31)30(37)33-20-21-14-16-23(17-15-21)29(36)34-27-13-7-6-12-26(27)32/h3-7,9-10,12-17,19,24-25,31,35H,2,8,11,18,20,32H2,1H3,(H,33,37)(H,34,36). The molecule has 0 aliphatic carbocycles. The Bertz CT molecular complexity index is 1280. The molecule has 0 spiro atoms. The molecule has 5 N–H and O–H groups in total. The molecule has 2 amide bonds. The highest BCUT2D eigenvalue weighted by atomic mass is 16.7. The van der Waals surface area contributed by atoms with E-state index in [9.17, 15) is 14.7 Å². The number of amides is 2. The van der Waals surface area contributed by atoms with Crippen LogP contribution >= 0.6 is 0 Å². The molecule has 1 aliphatic heterocycles. The van der Waals surface area contributed by atoms with Gasteiger partial charge in [0.05, 0.1) is 11.4 Å². The van der Waals surface area contributed by atoms with Crippen molar-refractivity contribution in [3.05, 3.63) is 107 Å². The van der Waals surface area contributed by atoms with Gasteiger partial charge in [-0.05, 0) is 61.2 Å². The Morgan fingerprint density at radius 1 is 0.974 bits per heavy atom. The molecule has 3 atom stereocenters. The fourth-order valence-electron chi connectivity index (χ4n) is 4.67. The number of hydrogen-bond acceptors (Lipinski definition) is 6. The molecule has 204 valence electrons. The van der Waals surface area contributed by atoms with Crippen LogP contribution in [-0.2, 0) is 20.8 Å². The molecule has 1 heterocycles. The Labute approximate surface area is 228 Å². The van der Waals surface area contributed by atoms with Crippen molar-refractivity contribution in [3.63, 3.8) is 0 Å². The Balaban J connectivity index is 1.43. The number of nitrogen functional groups attached to an aromatic ring is 1. The maximum atomic E-state index is 13.2. The summed E-state index contributed by atoms with van der Waals surface area (Å²) in [4.78, 5) is 25.7. The molecule has 39 heavy (non-hydrogen) atoms. The predicted molar refractivity (Wildman–Crippen MR) is 151 cm³/mol. The van der Waals surface area contributed by atoms with Gasteiger partial charge < -0.3 is 30.9 Å². The van der Waals surface area contributed by atoms with Gasteiger partial charge in [-0.15, -0.1) is 0 Å². The summed E-state index contributed by atoms with van der Waals surface area (Å²) in [6.45, 7) is 2.67. The summed E-state index contributed by atoms with van der Waals surface area (Å²) >= 11 is 0. The molecule has 0 fully saturated rings. The lowest BCUT2D eigenvalue weighted by Gasteiger charge is -2.37. The summed E-state index contributed by atoms with van der Waals surface area (Å²) in [5, 5.41) is 15.1. The number of hydrogen-bond donors (Lipinski definition) is 4. The van der Waals surface area contributed by atoms with Crippen molar-refractivity contribution >= 4 is 23.2 Å². The van der Waals surface area contributed by atoms with Crippen molar-refractivity contribution in [2.24, 2.45) is 5.92 Å². The van der Waals surface area contributed by atoms with Gasteiger partial charge in [0.2, 0.25) is 6.29 Å². The van der Waals surface area contributed by atoms with E-state index in [0.717, 1.165) is 11.1 Å². The van der Waals surface area contributed by atoms with Crippen LogP contribution in [0.4, 0.5) is 11.4 Å². The van der Waals surface area contributed by atoms with Gasteiger partial charge in [0.15, 0.2) is 5.76 Å². The highest BCUT2D eigenvalue weighted by Crippen LogP contribution is 2.39. The number of carbonyl (C=O) groups is 2. The number of allylic oxidation sites excluding steroid dienone is 1. The van der Waals surface area contributed by atoms with Crippen molar-refractivity contribution in [3.8, 4) is 0 Å². The largest absolute Gasteiger partial charge is 0.459 e. The molecule has 0 bridgehead atoms. The number of nitrogens with one attached hydrogen (secondary N) is 2. The van der Waals surface area contributed by atoms with E-state index in [-0.39, 0.29) is 42.6 Å². The first-order chi connectivity index (χ1) is 19.0. The van der Waals surface area contributed by atoms with Crippen molar-refractivity contribution in [1.29, 1.82) is 0 Å². The first-order valence-corrected chi connectivity index (χ1v) is 13.2. The Morgan fingerprint density at radius 3 is 2.38 bits per heavy atom. The van der Waals surface area contributed by atoms with Gasteiger partial charge in [-0.2, -0.15) is 0 Å². The average Bonchev–Trinajstić information content (AvgIpc) is 2.97. The van der Waals surface area contributed by atoms with Crippen LogP contribution in [0.15, 0.2) is 90.7 Å². The van der Waals surface area contributed by atoms with Crippen LogP contribution in [0.25, 0.3) is 0 Å². The molecule has 8 nitrogen and oxygen atoms in total. The Morgan fingerprint density at radius 2 is 1.69 bits per heavy atom. The average molecular weight is 530 g/mol. The zero-order valence-corrected chi connectivity index (χ0v) is 22.0. The molecule has 1 aliphatic rings. The second-order valence-electron chi connectivity index (χ2n) is 9.36. The maximum Gasteiger partial charge on any atom is 0.286 e. The van der Waals surface area contributed by atoms with Crippen LogP contribution in [0, 0.1) is 5.92 Å². The minimum Gasteiger partial charge on any atom is -0.459 e. The summed E-state index contributed by atoms with van der Waals surface area (Å²) in [5.74, 6) is -0.545. The summed E-state index contributed by atoms with van der Waals surface area (Å²) < 4.78 is 11.9. The monoisotopic (exact) mass is 529 g/mol. The van der Waals surface area contributed by atoms with Crippen LogP contribution < -0.4 is 16.4 Å². The predicted octanol–water partition coefficient (Wildman–Crippen LogP) is 4.59. The van der Waals surface area contributed by atoms with Crippen LogP contribution in [0.3, 0.4) is 0 Å². The van der Waals surface area contributed by atoms with Crippen LogP contribution in [-0.4, -0.2) is 36.4 Å². The fourth-order valence-corrected chi connectivity index (χ4v) is 4.67. The van der Waals surface area contributed by atoms with Gasteiger partial charge in [-0.25, -0.2) is 0 Å². The first-order valence-electron chi connectivity index (χ1n) is 13.2. The van der Waals surface area contributed by atoms with Crippen molar-refractivity contribution in [1.82, 2.24) is 5.32 Å². The van der Waals surface area contributed by atoms with Crippen molar-refractivity contribution in [2.45, 2.75) is 38.5 Å². The molecule has 3 aromatic rings. The van der Waals surface area contributed by atoms with Gasteiger partial charge in [-0.1, -0.05) is 54.6 Å². The second kappa shape index (κ2) is 13.6. The van der Waals surface area contributed by atoms with E-state index in [2.05, 4.69) is 10.6 Å². The SMILES string of the molecule is CCOC1OC(C(=O)NCc2ccc(C(=O)Nc3ccccc3N)cc2)=CC(c2ccccc2)C1CCCO. The maximum absolute atomic E-state index is 13.2. The van der Waals surface area contributed by atoms with E-state index >= 15 is 0 Å². The lowest BCUT2D eigenvalue weighted by Crippen LogP contribution is -2.39. The molecular formula is C31H35N3O5. The Hall–Kier alpha value is -4.14. The van der Waals surface area contributed by atoms with Gasteiger partial charge in [0, 0.05) is 37.2 Å². The first kappa shape index (κ1) is 27.9. The normalized spacial score (nSPS) is 18.5. The number of para-hydroxylation sites is 2. The highest BCUT2D eigenvalue weighted by molar-refractivity contribution is 6.05. The molecule has 0 saturated carbocycles. The molecule has 0 saturated heterocycles. The smallest absolute Gasteiger partial charge is 0.286 e. The number of aliphatic hydroxyl groups is 1. The van der Waals surface area contributed by atoms with Crippen molar-refractivity contribution in [2.75, 3.05) is 24.3 Å². The van der Waals surface area contributed by atoms with E-state index in [0.29, 0.717) is 36.4 Å². The number of rotatable bonds is 11. The van der Waals surface area contributed by atoms with Gasteiger partial charge in [0.25, 0.3) is 11.8 Å². The number of anilines is 2. The number of ether oxygens (including phenoxy) is 2. The van der Waals surface area contributed by atoms with Crippen LogP contribution in [0.2, 0.25) is 0 Å². The summed E-state index contributed by atoms with van der Waals surface area (Å²) in [7, 11) is 0. The van der Waals surface area contributed by atoms with Gasteiger partial charge in [0.1, 0.15) is 0 Å². The number of aliphatic hydroxyl groups excluding tert-OH is 1. The van der Waals surface area contributed by atoms with E-state index in [4.69, 9.17) is 15.2 Å². The van der Waals surface area contributed by atoms with Crippen molar-refractivity contribution < 1.29 is 24.2 Å². The zero-order chi connectivity index (χ0) is 27.6. The van der Waals surface area contributed by atoms with E-state index in [1.807, 2.05) is 43.3 Å². The highest BCUT2D eigenvalue weighted by Gasteiger charge is 2.37. The molecule has 0 aromatic heterocycles. The third-order valence-electron chi connectivity index (χ3n) is 6.70.